The third kappa shape index (κ3) is 8.63. The van der Waals surface area contributed by atoms with Crippen LogP contribution in [0.4, 0.5) is 0 Å². The third-order valence-corrected chi connectivity index (χ3v) is 19.8. The molecule has 0 saturated carbocycles. The molecule has 0 amide bonds. The smallest absolute Gasteiger partial charge is 0.104 e. The van der Waals surface area contributed by atoms with E-state index < -0.39 is 0 Å². The van der Waals surface area contributed by atoms with Crippen LogP contribution >= 0.6 is 0 Å². The topological polar surface area (TPSA) is 43.5 Å². The molecule has 0 aliphatic heterocycles. The molecule has 446 valence electrons. The highest BCUT2D eigenvalue weighted by Crippen LogP contribution is 2.49. The number of nitrogens with zero attached hydrogens (tertiary/aromatic N) is 5. The van der Waals surface area contributed by atoms with Crippen molar-refractivity contribution in [2.75, 3.05) is 0 Å². The van der Waals surface area contributed by atoms with Crippen molar-refractivity contribution in [2.24, 2.45) is 0 Å². The van der Waals surface area contributed by atoms with Gasteiger partial charge in [0.05, 0.1) is 66.9 Å². The summed E-state index contributed by atoms with van der Waals surface area (Å²) in [5.74, 6) is 0. The number of hydrogen-bond acceptors (Lipinski definition) is 1. The molecule has 0 bridgehead atoms. The average Bonchev–Trinajstić information content (AvgIpc) is 1.46. The monoisotopic (exact) mass is 1220 g/mol. The van der Waals surface area contributed by atoms with Gasteiger partial charge in [-0.05, 0) is 158 Å². The van der Waals surface area contributed by atoms with Crippen LogP contribution in [0, 0.1) is 11.3 Å². The van der Waals surface area contributed by atoms with Crippen molar-refractivity contribution in [1.82, 2.24) is 18.3 Å². The summed E-state index contributed by atoms with van der Waals surface area (Å²) in [5.41, 5.74) is 25.2. The largest absolute Gasteiger partial charge is 0.307 e. The Bertz CT molecular complexity index is 6000. The SMILES string of the molecule is N#Cc1c(-n2c3ccccc3c3ccccc32)c(-n2c3ccc(-c4ccccc4)cc3c3cc(-c4ccccc4)ccc32)cc(-n2c3ccc(-c4ccccc4)cc3c3cc(-c4ccccc4)ccc32)c1-n1c2ccc(-c3ccccc3)cc2c2cc(-c3ccccc3)ccc21. The van der Waals surface area contributed by atoms with Crippen molar-refractivity contribution in [2.45, 2.75) is 0 Å². The lowest BCUT2D eigenvalue weighted by molar-refractivity contribution is 1.03. The van der Waals surface area contributed by atoms with Gasteiger partial charge in [0, 0.05) is 43.1 Å². The standard InChI is InChI=1S/C91H57N5/c92-58-79-90(95-80-37-21-19-35-71(80)72-36-20-22-38-81(72)95)88(93-82-45-39-65(59-23-7-1-8-24-59)51-73(82)74-52-66(40-46-83(74)93)60-25-9-2-10-26-60)57-89(94-84-47-41-67(61-27-11-3-12-28-61)53-75(84)76-54-68(42-48-85(76)94)62-29-13-4-14-30-62)91(79)96-86-49-43-69(63-31-15-5-16-32-63)55-77(86)78-56-70(44-50-87(78)96)64-33-17-6-18-34-64/h1-57H. The summed E-state index contributed by atoms with van der Waals surface area (Å²) in [6.07, 6.45) is 0. The Morgan fingerprint density at radius 2 is 0.385 bits per heavy atom. The number of aromatic nitrogens is 4. The highest BCUT2D eigenvalue weighted by molar-refractivity contribution is 6.17. The summed E-state index contributed by atoms with van der Waals surface area (Å²) in [7, 11) is 0. The summed E-state index contributed by atoms with van der Waals surface area (Å²) in [5, 5.41) is 22.0. The van der Waals surface area contributed by atoms with Gasteiger partial charge in [-0.15, -0.1) is 0 Å². The number of hydrogen-bond donors (Lipinski definition) is 0. The summed E-state index contributed by atoms with van der Waals surface area (Å²) >= 11 is 0. The van der Waals surface area contributed by atoms with E-state index in [1.54, 1.807) is 0 Å². The Morgan fingerprint density at radius 3 is 0.625 bits per heavy atom. The second kappa shape index (κ2) is 22.1. The summed E-state index contributed by atoms with van der Waals surface area (Å²) < 4.78 is 9.73. The van der Waals surface area contributed by atoms with Crippen LogP contribution in [0.3, 0.4) is 0 Å². The van der Waals surface area contributed by atoms with E-state index in [9.17, 15) is 5.26 Å². The highest BCUT2D eigenvalue weighted by atomic mass is 15.1. The van der Waals surface area contributed by atoms with E-state index >= 15 is 0 Å². The predicted octanol–water partition coefficient (Wildman–Crippen LogP) is 23.9. The fourth-order valence-corrected chi connectivity index (χ4v) is 15.4. The molecule has 0 saturated heterocycles. The van der Waals surface area contributed by atoms with Crippen LogP contribution in [-0.4, -0.2) is 18.3 Å². The van der Waals surface area contributed by atoms with Crippen molar-refractivity contribution < 1.29 is 0 Å². The molecule has 0 aliphatic carbocycles. The molecule has 19 aromatic rings. The number of rotatable bonds is 10. The maximum atomic E-state index is 13.2. The zero-order chi connectivity index (χ0) is 63.4. The summed E-state index contributed by atoms with van der Waals surface area (Å²) in [6, 6.07) is 129. The van der Waals surface area contributed by atoms with Crippen molar-refractivity contribution in [3.05, 3.63) is 351 Å². The predicted molar refractivity (Wildman–Crippen MR) is 401 cm³/mol. The van der Waals surface area contributed by atoms with E-state index in [2.05, 4.69) is 370 Å². The zero-order valence-corrected chi connectivity index (χ0v) is 52.1. The average molecular weight is 1220 g/mol. The lowest BCUT2D eigenvalue weighted by Crippen LogP contribution is -2.13. The molecule has 15 aromatic carbocycles. The first-order chi connectivity index (χ1) is 47.6. The van der Waals surface area contributed by atoms with Gasteiger partial charge in [0.1, 0.15) is 11.6 Å². The first kappa shape index (κ1) is 54.7. The molecule has 96 heavy (non-hydrogen) atoms. The van der Waals surface area contributed by atoms with Gasteiger partial charge in [-0.1, -0.05) is 255 Å². The van der Waals surface area contributed by atoms with Crippen LogP contribution in [0.2, 0.25) is 0 Å². The Morgan fingerprint density at radius 1 is 0.177 bits per heavy atom. The minimum atomic E-state index is 0.515. The van der Waals surface area contributed by atoms with Crippen LogP contribution in [0.1, 0.15) is 5.56 Å². The number of fused-ring (bicyclic) bond motifs is 12. The van der Waals surface area contributed by atoms with Gasteiger partial charge in [-0.3, -0.25) is 0 Å². The molecule has 0 radical (unpaired) electrons. The van der Waals surface area contributed by atoms with Gasteiger partial charge < -0.3 is 18.3 Å². The first-order valence-electron chi connectivity index (χ1n) is 32.8. The molecule has 5 nitrogen and oxygen atoms in total. The first-order valence-corrected chi connectivity index (χ1v) is 32.8. The van der Waals surface area contributed by atoms with Gasteiger partial charge in [0.15, 0.2) is 0 Å². The molecule has 0 fully saturated rings. The maximum absolute atomic E-state index is 13.2. The second-order valence-electron chi connectivity index (χ2n) is 25.1. The molecule has 0 atom stereocenters. The van der Waals surface area contributed by atoms with Crippen LogP contribution in [0.5, 0.6) is 0 Å². The van der Waals surface area contributed by atoms with Gasteiger partial charge in [0.2, 0.25) is 0 Å². The Labute approximate surface area is 554 Å². The number of nitriles is 1. The minimum Gasteiger partial charge on any atom is -0.307 e. The molecule has 0 unspecified atom stereocenters. The van der Waals surface area contributed by atoms with Crippen LogP contribution < -0.4 is 0 Å². The van der Waals surface area contributed by atoms with E-state index in [1.807, 2.05) is 0 Å². The molecular weight excluding hydrogens is 1160 g/mol. The Hall–Kier alpha value is -13.0. The molecule has 0 spiro atoms. The quantitative estimate of drug-likeness (QED) is 0.135. The molecule has 4 aromatic heterocycles. The number of benzene rings is 15. The second-order valence-corrected chi connectivity index (χ2v) is 25.1. The van der Waals surface area contributed by atoms with Crippen molar-refractivity contribution >= 4 is 87.2 Å². The zero-order valence-electron chi connectivity index (χ0n) is 52.1. The molecule has 5 heteroatoms. The normalized spacial score (nSPS) is 11.7. The van der Waals surface area contributed by atoms with E-state index in [0.29, 0.717) is 5.56 Å². The molecule has 19 rings (SSSR count). The van der Waals surface area contributed by atoms with Crippen molar-refractivity contribution in [3.8, 4) is 95.6 Å². The van der Waals surface area contributed by atoms with Gasteiger partial charge in [-0.2, -0.15) is 5.26 Å². The number of para-hydroxylation sites is 2. The van der Waals surface area contributed by atoms with Crippen molar-refractivity contribution in [3.63, 3.8) is 0 Å². The van der Waals surface area contributed by atoms with E-state index in [-0.39, 0.29) is 0 Å². The van der Waals surface area contributed by atoms with Gasteiger partial charge >= 0.3 is 0 Å². The fourth-order valence-electron chi connectivity index (χ4n) is 15.4. The lowest BCUT2D eigenvalue weighted by Gasteiger charge is -2.25. The van der Waals surface area contributed by atoms with Gasteiger partial charge in [0.25, 0.3) is 0 Å². The highest BCUT2D eigenvalue weighted by Gasteiger charge is 2.32. The molecular formula is C91H57N5. The van der Waals surface area contributed by atoms with Crippen molar-refractivity contribution in [1.29, 1.82) is 5.26 Å². The minimum absolute atomic E-state index is 0.515. The molecule has 0 aliphatic rings. The molecule has 4 heterocycles. The summed E-state index contributed by atoms with van der Waals surface area (Å²) in [6.45, 7) is 0. The molecule has 0 N–H and O–H groups in total. The van der Waals surface area contributed by atoms with E-state index in [0.717, 1.165) is 177 Å². The van der Waals surface area contributed by atoms with Crippen LogP contribution in [0.25, 0.3) is 177 Å². The maximum Gasteiger partial charge on any atom is 0.104 e. The van der Waals surface area contributed by atoms with E-state index in [1.165, 1.54) is 0 Å². The third-order valence-electron chi connectivity index (χ3n) is 19.8. The van der Waals surface area contributed by atoms with Crippen LogP contribution in [0.15, 0.2) is 346 Å². The van der Waals surface area contributed by atoms with E-state index in [4.69, 9.17) is 0 Å². The fraction of sp³-hybridized carbons (Fsp3) is 0. The van der Waals surface area contributed by atoms with Crippen LogP contribution in [-0.2, 0) is 0 Å². The van der Waals surface area contributed by atoms with Gasteiger partial charge in [-0.25, -0.2) is 0 Å². The summed E-state index contributed by atoms with van der Waals surface area (Å²) in [4.78, 5) is 0. The Balaban J connectivity index is 1.03. The Kier molecular flexibility index (Phi) is 12.6. The lowest BCUT2D eigenvalue weighted by atomic mass is 10.0.